The lowest BCUT2D eigenvalue weighted by Crippen LogP contribution is -2.44. The van der Waals surface area contributed by atoms with Crippen molar-refractivity contribution in [2.24, 2.45) is 0 Å². The first kappa shape index (κ1) is 19.7. The number of nitrogens with one attached hydrogen (secondary N) is 1. The summed E-state index contributed by atoms with van der Waals surface area (Å²) in [5.41, 5.74) is 2.52. The molecule has 0 spiro atoms. The number of benzene rings is 2. The zero-order valence-electron chi connectivity index (χ0n) is 16.1. The summed E-state index contributed by atoms with van der Waals surface area (Å²) in [6, 6.07) is 15.4. The lowest BCUT2D eigenvalue weighted by Gasteiger charge is -2.32. The number of para-hydroxylation sites is 2. The van der Waals surface area contributed by atoms with E-state index >= 15 is 0 Å². The van der Waals surface area contributed by atoms with Gasteiger partial charge in [-0.05, 0) is 42.7 Å². The van der Waals surface area contributed by atoms with E-state index < -0.39 is 5.76 Å². The topological polar surface area (TPSA) is 67.5 Å². The number of carbonyl (C=O) groups is 1. The molecule has 7 heteroatoms. The van der Waals surface area contributed by atoms with Crippen molar-refractivity contribution in [1.29, 1.82) is 0 Å². The van der Waals surface area contributed by atoms with Gasteiger partial charge >= 0.3 is 5.76 Å². The smallest absolute Gasteiger partial charge is 0.408 e. The minimum atomic E-state index is -0.422. The summed E-state index contributed by atoms with van der Waals surface area (Å²) in [5.74, 6) is -0.451. The van der Waals surface area contributed by atoms with Crippen LogP contribution in [0.15, 0.2) is 57.7 Å². The molecule has 0 aliphatic carbocycles. The van der Waals surface area contributed by atoms with Gasteiger partial charge < -0.3 is 9.73 Å². The molecule has 1 fully saturated rings. The maximum atomic E-state index is 12.4. The van der Waals surface area contributed by atoms with Gasteiger partial charge in [-0.25, -0.2) is 4.79 Å². The van der Waals surface area contributed by atoms with E-state index in [2.05, 4.69) is 22.3 Å². The van der Waals surface area contributed by atoms with Crippen LogP contribution < -0.4 is 11.1 Å². The molecule has 1 N–H and O–H groups in total. The normalized spacial score (nSPS) is 15.6. The van der Waals surface area contributed by atoms with Gasteiger partial charge in [0.05, 0.1) is 5.52 Å². The first-order chi connectivity index (χ1) is 14.1. The third-order valence-electron chi connectivity index (χ3n) is 5.41. The van der Waals surface area contributed by atoms with Gasteiger partial charge in [0.2, 0.25) is 5.91 Å². The van der Waals surface area contributed by atoms with Crippen LogP contribution in [0.4, 0.5) is 0 Å². The zero-order valence-corrected chi connectivity index (χ0v) is 16.9. The Bertz CT molecular complexity index is 1030. The highest BCUT2D eigenvalue weighted by molar-refractivity contribution is 6.30. The number of amides is 1. The Hall–Kier alpha value is -2.57. The number of nitrogens with zero attached hydrogens (tertiary/aromatic N) is 2. The van der Waals surface area contributed by atoms with Crippen LogP contribution in [0, 0.1) is 0 Å². The Labute approximate surface area is 174 Å². The van der Waals surface area contributed by atoms with Crippen molar-refractivity contribution in [1.82, 2.24) is 14.8 Å². The van der Waals surface area contributed by atoms with Crippen molar-refractivity contribution in [3.05, 3.63) is 69.7 Å². The van der Waals surface area contributed by atoms with Crippen molar-refractivity contribution in [3.63, 3.8) is 0 Å². The van der Waals surface area contributed by atoms with Crippen molar-refractivity contribution in [2.75, 3.05) is 13.1 Å². The summed E-state index contributed by atoms with van der Waals surface area (Å²) in [6.45, 7) is 3.10. The lowest BCUT2D eigenvalue weighted by molar-refractivity contribution is -0.122. The molecule has 29 heavy (non-hydrogen) atoms. The van der Waals surface area contributed by atoms with Gasteiger partial charge in [0, 0.05) is 43.7 Å². The Morgan fingerprint density at radius 2 is 1.83 bits per heavy atom. The first-order valence-corrected chi connectivity index (χ1v) is 10.3. The average molecular weight is 414 g/mol. The third kappa shape index (κ3) is 4.89. The Kier molecular flexibility index (Phi) is 6.02. The number of likely N-dealkylation sites (tertiary alicyclic amines) is 1. The zero-order chi connectivity index (χ0) is 20.2. The Morgan fingerprint density at radius 3 is 2.59 bits per heavy atom. The van der Waals surface area contributed by atoms with E-state index in [4.69, 9.17) is 16.0 Å². The molecule has 0 radical (unpaired) electrons. The number of piperidine rings is 1. The number of carbonyl (C=O) groups excluding carboxylic acids is 1. The van der Waals surface area contributed by atoms with E-state index in [1.165, 1.54) is 10.1 Å². The van der Waals surface area contributed by atoms with E-state index in [-0.39, 0.29) is 18.4 Å². The number of fused-ring (bicyclic) bond motifs is 1. The maximum absolute atomic E-state index is 12.4. The monoisotopic (exact) mass is 413 g/mol. The number of aromatic nitrogens is 1. The Balaban J connectivity index is 1.24. The number of hydrogen-bond donors (Lipinski definition) is 1. The van der Waals surface area contributed by atoms with Gasteiger partial charge in [0.1, 0.15) is 0 Å². The van der Waals surface area contributed by atoms with Crippen LogP contribution in [-0.4, -0.2) is 34.5 Å². The molecule has 0 saturated carbocycles. The van der Waals surface area contributed by atoms with Crippen LogP contribution in [0.25, 0.3) is 11.1 Å². The van der Waals surface area contributed by atoms with Crippen molar-refractivity contribution in [2.45, 2.75) is 38.4 Å². The van der Waals surface area contributed by atoms with Gasteiger partial charge in [-0.15, -0.1) is 0 Å². The number of hydrogen-bond acceptors (Lipinski definition) is 4. The SMILES string of the molecule is O=C(CCn1c(=O)oc2ccccc21)NC1CCN(Cc2ccc(Cl)cc2)CC1. The molecule has 0 atom stereocenters. The number of halogens is 1. The van der Waals surface area contributed by atoms with Gasteiger partial charge in [0.15, 0.2) is 5.58 Å². The second kappa shape index (κ2) is 8.84. The minimum absolute atomic E-state index is 0.0293. The highest BCUT2D eigenvalue weighted by atomic mass is 35.5. The molecule has 4 rings (SSSR count). The predicted octanol–water partition coefficient (Wildman–Crippen LogP) is 3.42. The second-order valence-corrected chi connectivity index (χ2v) is 7.92. The van der Waals surface area contributed by atoms with Gasteiger partial charge in [-0.2, -0.15) is 0 Å². The summed E-state index contributed by atoms with van der Waals surface area (Å²) in [4.78, 5) is 26.8. The molecule has 0 bridgehead atoms. The molecular weight excluding hydrogens is 390 g/mol. The molecule has 1 aliphatic heterocycles. The number of aryl methyl sites for hydroxylation is 1. The van der Waals surface area contributed by atoms with E-state index in [0.717, 1.165) is 43.0 Å². The average Bonchev–Trinajstić information content (AvgIpc) is 3.04. The van der Waals surface area contributed by atoms with Crippen molar-refractivity contribution in [3.8, 4) is 0 Å². The largest absolute Gasteiger partial charge is 0.419 e. The number of rotatable bonds is 6. The molecule has 1 amide bonds. The van der Waals surface area contributed by atoms with Crippen LogP contribution >= 0.6 is 11.6 Å². The number of oxazole rings is 1. The van der Waals surface area contributed by atoms with Crippen LogP contribution in [0.5, 0.6) is 0 Å². The van der Waals surface area contributed by atoms with Crippen LogP contribution in [0.1, 0.15) is 24.8 Å². The van der Waals surface area contributed by atoms with Crippen molar-refractivity contribution >= 4 is 28.6 Å². The minimum Gasteiger partial charge on any atom is -0.408 e. The second-order valence-electron chi connectivity index (χ2n) is 7.48. The molecule has 1 aliphatic rings. The molecule has 2 heterocycles. The van der Waals surface area contributed by atoms with E-state index in [1.54, 1.807) is 6.07 Å². The summed E-state index contributed by atoms with van der Waals surface area (Å²) in [6.07, 6.45) is 2.11. The summed E-state index contributed by atoms with van der Waals surface area (Å²) < 4.78 is 6.73. The molecule has 6 nitrogen and oxygen atoms in total. The fraction of sp³-hybridized carbons (Fsp3) is 0.364. The molecule has 3 aromatic rings. The van der Waals surface area contributed by atoms with Gasteiger partial charge in [-0.3, -0.25) is 14.3 Å². The maximum Gasteiger partial charge on any atom is 0.419 e. The van der Waals surface area contributed by atoms with Crippen molar-refractivity contribution < 1.29 is 9.21 Å². The van der Waals surface area contributed by atoms with Gasteiger partial charge in [-0.1, -0.05) is 35.9 Å². The summed E-state index contributed by atoms with van der Waals surface area (Å²) >= 11 is 5.94. The molecule has 1 aromatic heterocycles. The van der Waals surface area contributed by atoms with E-state index in [0.29, 0.717) is 12.1 Å². The quantitative estimate of drug-likeness (QED) is 0.672. The van der Waals surface area contributed by atoms with E-state index in [1.807, 2.05) is 30.3 Å². The predicted molar refractivity (Wildman–Crippen MR) is 113 cm³/mol. The summed E-state index contributed by atoms with van der Waals surface area (Å²) in [5, 5.41) is 3.86. The molecule has 0 unspecified atom stereocenters. The molecule has 1 saturated heterocycles. The molecule has 2 aromatic carbocycles. The standard InChI is InChI=1S/C22H24ClN3O3/c23-17-7-5-16(6-8-17)15-25-12-9-18(10-13-25)24-21(27)11-14-26-19-3-1-2-4-20(19)29-22(26)28/h1-8,18H,9-15H2,(H,24,27). The fourth-order valence-electron chi connectivity index (χ4n) is 3.82. The van der Waals surface area contributed by atoms with Gasteiger partial charge in [0.25, 0.3) is 0 Å². The molecular formula is C22H24ClN3O3. The fourth-order valence-corrected chi connectivity index (χ4v) is 3.95. The Morgan fingerprint density at radius 1 is 1.10 bits per heavy atom. The van der Waals surface area contributed by atoms with Crippen LogP contribution in [0.2, 0.25) is 5.02 Å². The molecule has 152 valence electrons. The highest BCUT2D eigenvalue weighted by Crippen LogP contribution is 2.16. The van der Waals surface area contributed by atoms with Crippen LogP contribution in [0.3, 0.4) is 0 Å². The summed E-state index contributed by atoms with van der Waals surface area (Å²) in [7, 11) is 0. The van der Waals surface area contributed by atoms with Crippen LogP contribution in [-0.2, 0) is 17.9 Å². The highest BCUT2D eigenvalue weighted by Gasteiger charge is 2.21. The lowest BCUT2D eigenvalue weighted by atomic mass is 10.0. The van der Waals surface area contributed by atoms with E-state index in [9.17, 15) is 9.59 Å². The third-order valence-corrected chi connectivity index (χ3v) is 5.66. The first-order valence-electron chi connectivity index (χ1n) is 9.93.